The van der Waals surface area contributed by atoms with Crippen molar-refractivity contribution in [3.63, 3.8) is 0 Å². The maximum atomic E-state index is 14.2. The van der Waals surface area contributed by atoms with Gasteiger partial charge in [0.25, 0.3) is 25.8 Å². The third kappa shape index (κ3) is 12.9. The molecule has 3 aliphatic rings. The van der Waals surface area contributed by atoms with Gasteiger partial charge in [0.1, 0.15) is 4.90 Å². The summed E-state index contributed by atoms with van der Waals surface area (Å²) in [7, 11) is -10.9. The number of anilines is 2. The second-order valence-electron chi connectivity index (χ2n) is 18.1. The molecule has 19 heteroatoms. The van der Waals surface area contributed by atoms with Crippen molar-refractivity contribution in [2.45, 2.75) is 71.8 Å². The number of carbonyl (C=O) groups excluding carboxylic acids is 1. The first kappa shape index (κ1) is 50.7. The van der Waals surface area contributed by atoms with Crippen molar-refractivity contribution in [3.05, 3.63) is 119 Å². The van der Waals surface area contributed by atoms with Crippen LogP contribution >= 0.6 is 23.4 Å². The van der Waals surface area contributed by atoms with E-state index in [4.69, 9.17) is 11.6 Å². The van der Waals surface area contributed by atoms with Gasteiger partial charge in [0, 0.05) is 91.9 Å². The van der Waals surface area contributed by atoms with Crippen molar-refractivity contribution in [3.8, 4) is 0 Å². The number of hydrogen-bond donors (Lipinski definition) is 4. The highest BCUT2D eigenvalue weighted by Gasteiger charge is 2.48. The fraction of sp³-hybridized carbons (Fsp3) is 0.438. The number of nitrogens with zero attached hydrogens (tertiary/aromatic N) is 3. The van der Waals surface area contributed by atoms with Crippen molar-refractivity contribution in [1.29, 1.82) is 0 Å². The molecule has 7 rings (SSSR count). The van der Waals surface area contributed by atoms with Crippen LogP contribution in [0.4, 0.5) is 24.5 Å². The average molecular weight is 1000 g/mol. The summed E-state index contributed by atoms with van der Waals surface area (Å²) in [6.07, 6.45) is 3.45. The lowest BCUT2D eigenvalue weighted by molar-refractivity contribution is -0.0435. The average Bonchev–Trinajstić information content (AvgIpc) is 3.30. The smallest absolute Gasteiger partial charge is 0.394 e. The van der Waals surface area contributed by atoms with Gasteiger partial charge in [-0.3, -0.25) is 9.69 Å². The van der Waals surface area contributed by atoms with Gasteiger partial charge in [-0.25, -0.2) is 21.6 Å². The largest absolute Gasteiger partial charge is 0.501 e. The molecule has 0 unspecified atom stereocenters. The molecule has 2 aliphatic heterocycles. The van der Waals surface area contributed by atoms with Crippen LogP contribution in [-0.4, -0.2) is 127 Å². The molecule has 0 radical (unpaired) electrons. The van der Waals surface area contributed by atoms with Crippen LogP contribution in [0.15, 0.2) is 117 Å². The van der Waals surface area contributed by atoms with E-state index in [0.717, 1.165) is 69.0 Å². The molecule has 67 heavy (non-hydrogen) atoms. The number of alkyl halides is 3. The number of aliphatic hydroxyl groups excluding tert-OH is 1. The first-order valence-corrected chi connectivity index (χ1v) is 26.7. The van der Waals surface area contributed by atoms with Crippen molar-refractivity contribution in [1.82, 2.24) is 19.8 Å². The molecule has 362 valence electrons. The van der Waals surface area contributed by atoms with Gasteiger partial charge in [-0.05, 0) is 109 Å². The highest BCUT2D eigenvalue weighted by atomic mass is 35.5. The zero-order valence-electron chi connectivity index (χ0n) is 37.6. The Hall–Kier alpha value is -4.14. The topological polar surface area (TPSA) is 151 Å². The summed E-state index contributed by atoms with van der Waals surface area (Å²) >= 11 is 7.66. The number of nitrogens with one attached hydrogen (secondary N) is 3. The van der Waals surface area contributed by atoms with Crippen LogP contribution in [0.25, 0.3) is 5.57 Å². The summed E-state index contributed by atoms with van der Waals surface area (Å²) in [5, 5.41) is 17.5. The van der Waals surface area contributed by atoms with Gasteiger partial charge in [0.05, 0.1) is 23.2 Å². The standard InChI is InChI=1S/C48H58ClF3N6O6S3/c1-47(2)20-18-36(43(29-47)34-8-12-37(49)13-9-34)30-57-26-27-58(40(31-57)32-59)39-14-10-35(11-15-39)46(60)55-67(63,64)42-16-17-44(45(28-42)66(61,62)48(50,51)52)54-38(19-23-56-24-21-53-22-25-56)33-65-41-6-4-3-5-7-41/h3-17,28,38,40,53-54,59H,18-27,29-33H2,1-2H3,(H,55,60)/t38-,40+/m1/s1. The van der Waals surface area contributed by atoms with E-state index in [1.807, 2.05) is 52.1 Å². The van der Waals surface area contributed by atoms with E-state index in [2.05, 4.69) is 46.4 Å². The quantitative estimate of drug-likeness (QED) is 0.0766. The van der Waals surface area contributed by atoms with E-state index in [9.17, 15) is 39.9 Å². The summed E-state index contributed by atoms with van der Waals surface area (Å²) in [5.41, 5.74) is -1.46. The maximum Gasteiger partial charge on any atom is 0.501 e. The van der Waals surface area contributed by atoms with Gasteiger partial charge in [-0.15, -0.1) is 11.8 Å². The van der Waals surface area contributed by atoms with E-state index >= 15 is 0 Å². The number of halogens is 4. The minimum absolute atomic E-state index is 0.0573. The van der Waals surface area contributed by atoms with Crippen molar-refractivity contribution in [2.75, 3.05) is 81.5 Å². The van der Waals surface area contributed by atoms with E-state index < -0.39 is 52.8 Å². The molecule has 1 aliphatic carbocycles. The van der Waals surface area contributed by atoms with Crippen LogP contribution in [0.3, 0.4) is 0 Å². The Morgan fingerprint density at radius 3 is 2.30 bits per heavy atom. The summed E-state index contributed by atoms with van der Waals surface area (Å²) in [6.45, 7) is 10.8. The van der Waals surface area contributed by atoms with Crippen molar-refractivity contribution in [2.24, 2.45) is 5.41 Å². The van der Waals surface area contributed by atoms with E-state index in [0.29, 0.717) is 55.1 Å². The van der Waals surface area contributed by atoms with Gasteiger partial charge in [-0.1, -0.05) is 61.4 Å². The van der Waals surface area contributed by atoms with E-state index in [1.165, 1.54) is 40.6 Å². The van der Waals surface area contributed by atoms with Crippen LogP contribution < -0.4 is 20.3 Å². The Morgan fingerprint density at radius 1 is 0.925 bits per heavy atom. The summed E-state index contributed by atoms with van der Waals surface area (Å²) in [5.74, 6) is -0.694. The number of thioether (sulfide) groups is 1. The number of allylic oxidation sites excluding steroid dienone is 1. The van der Waals surface area contributed by atoms with Crippen molar-refractivity contribution >= 4 is 66.1 Å². The number of carbonyl (C=O) groups is 1. The zero-order chi connectivity index (χ0) is 48.0. The Bertz CT molecular complexity index is 2600. The second-order valence-corrected chi connectivity index (χ2v) is 23.3. The van der Waals surface area contributed by atoms with Crippen LogP contribution in [-0.2, 0) is 19.9 Å². The molecule has 2 heterocycles. The number of sulfonamides is 1. The molecule has 0 saturated carbocycles. The number of sulfone groups is 1. The molecule has 0 bridgehead atoms. The van der Waals surface area contributed by atoms with Crippen LogP contribution in [0.1, 0.15) is 55.5 Å². The molecule has 2 atom stereocenters. The first-order valence-electron chi connectivity index (χ1n) is 22.4. The summed E-state index contributed by atoms with van der Waals surface area (Å²) < 4.78 is 98.0. The first-order chi connectivity index (χ1) is 31.8. The van der Waals surface area contributed by atoms with Gasteiger partial charge >= 0.3 is 5.51 Å². The van der Waals surface area contributed by atoms with E-state index in [1.54, 1.807) is 12.1 Å². The number of hydrogen-bond acceptors (Lipinski definition) is 12. The molecule has 4 aromatic rings. The molecule has 1 amide bonds. The predicted octanol–water partition coefficient (Wildman–Crippen LogP) is 7.77. The molecule has 2 saturated heterocycles. The number of aliphatic hydroxyl groups is 1. The Morgan fingerprint density at radius 2 is 1.63 bits per heavy atom. The lowest BCUT2D eigenvalue weighted by atomic mass is 9.72. The Kier molecular flexibility index (Phi) is 16.4. The normalized spacial score (nSPS) is 19.3. The van der Waals surface area contributed by atoms with Crippen LogP contribution in [0.2, 0.25) is 5.02 Å². The molecular weight excluding hydrogens is 945 g/mol. The lowest BCUT2D eigenvalue weighted by Gasteiger charge is -2.43. The Balaban J connectivity index is 1.04. The maximum absolute atomic E-state index is 14.2. The van der Waals surface area contributed by atoms with Gasteiger partial charge in [-0.2, -0.15) is 13.2 Å². The number of rotatable bonds is 17. The summed E-state index contributed by atoms with van der Waals surface area (Å²) in [4.78, 5) is 18.8. The molecule has 12 nitrogen and oxygen atoms in total. The van der Waals surface area contributed by atoms with Crippen molar-refractivity contribution < 1.29 is 39.9 Å². The van der Waals surface area contributed by atoms with Gasteiger partial charge < -0.3 is 25.5 Å². The minimum atomic E-state index is -6.07. The third-order valence-corrected chi connectivity index (χ3v) is 17.0. The second kappa shape index (κ2) is 21.7. The zero-order valence-corrected chi connectivity index (χ0v) is 40.8. The van der Waals surface area contributed by atoms with Gasteiger partial charge in [0.2, 0.25) is 0 Å². The highest BCUT2D eigenvalue weighted by molar-refractivity contribution is 7.99. The predicted molar refractivity (Wildman–Crippen MR) is 260 cm³/mol. The lowest BCUT2D eigenvalue weighted by Crippen LogP contribution is -2.55. The summed E-state index contributed by atoms with van der Waals surface area (Å²) in [6, 6.07) is 25.1. The third-order valence-electron chi connectivity index (χ3n) is 12.7. The minimum Gasteiger partial charge on any atom is -0.394 e. The fourth-order valence-corrected chi connectivity index (χ4v) is 12.0. The van der Waals surface area contributed by atoms with Crippen LogP contribution in [0.5, 0.6) is 0 Å². The van der Waals surface area contributed by atoms with Gasteiger partial charge in [0.15, 0.2) is 0 Å². The molecule has 4 N–H and O–H groups in total. The molecule has 4 aromatic carbocycles. The monoisotopic (exact) mass is 1000 g/mol. The molecule has 0 aromatic heterocycles. The number of amides is 1. The SMILES string of the molecule is CC1(C)CCC(CN2CCN(c3ccc(C(=O)NS(=O)(=O)c4ccc(N[C@H](CCN5CCNCC5)CSc5ccccc5)c(S(=O)(=O)C(F)(F)F)c4)cc3)[C@H](CO)C2)=C(c2ccc(Cl)cc2)C1. The molecule has 0 spiro atoms. The Labute approximate surface area is 401 Å². The van der Waals surface area contributed by atoms with E-state index in [-0.39, 0.29) is 23.6 Å². The fourth-order valence-electron chi connectivity index (χ4n) is 8.88. The number of piperazine rings is 2. The molecular formula is C48H58ClF3N6O6S3. The van der Waals surface area contributed by atoms with Crippen LogP contribution in [0, 0.1) is 5.41 Å². The molecule has 2 fully saturated rings. The number of benzene rings is 4. The highest BCUT2D eigenvalue weighted by Crippen LogP contribution is 2.44.